The van der Waals surface area contributed by atoms with E-state index in [4.69, 9.17) is 0 Å². The quantitative estimate of drug-likeness (QED) is 0.700. The molecule has 0 unspecified atom stereocenters. The normalized spacial score (nSPS) is 15.1. The van der Waals surface area contributed by atoms with Gasteiger partial charge in [0.1, 0.15) is 5.82 Å². The lowest BCUT2D eigenvalue weighted by atomic mass is 10.0. The van der Waals surface area contributed by atoms with Gasteiger partial charge in [-0.2, -0.15) is 0 Å². The highest BCUT2D eigenvalue weighted by atomic mass is 15.1. The minimum absolute atomic E-state index is 0.531. The molecule has 1 aliphatic heterocycles. The molecule has 0 saturated carbocycles. The average molecular weight is 190 g/mol. The summed E-state index contributed by atoms with van der Waals surface area (Å²) in [6, 6.07) is 0. The molecule has 1 aromatic rings. The molecule has 2 rings (SSSR count). The Morgan fingerprint density at radius 3 is 2.43 bits per heavy atom. The lowest BCUT2D eigenvalue weighted by Crippen LogP contribution is -1.95. The van der Waals surface area contributed by atoms with E-state index >= 15 is 0 Å². The van der Waals surface area contributed by atoms with Gasteiger partial charge in [0.05, 0.1) is 5.69 Å². The number of imidazole rings is 1. The summed E-state index contributed by atoms with van der Waals surface area (Å²) in [7, 11) is 0. The van der Waals surface area contributed by atoms with Crippen molar-refractivity contribution in [1.82, 2.24) is 9.55 Å². The maximum Gasteiger partial charge on any atom is 0.117 e. The van der Waals surface area contributed by atoms with Gasteiger partial charge in [-0.1, -0.05) is 27.7 Å². The Hall–Kier alpha value is -1.05. The minimum Gasteiger partial charge on any atom is -0.310 e. The van der Waals surface area contributed by atoms with Crippen LogP contribution in [0.5, 0.6) is 0 Å². The van der Waals surface area contributed by atoms with Gasteiger partial charge in [0, 0.05) is 18.8 Å². The standard InChI is InChI=1S/C12H18N2/c1-8(2)10-5-12-13-11(9(3)4)7-14(12)6-10/h6-9H,5H2,1-4H3. The van der Waals surface area contributed by atoms with Crippen molar-refractivity contribution < 1.29 is 0 Å². The molecule has 2 heterocycles. The van der Waals surface area contributed by atoms with E-state index < -0.39 is 0 Å². The molecule has 0 aromatic carbocycles. The molecule has 0 saturated heterocycles. The van der Waals surface area contributed by atoms with E-state index in [9.17, 15) is 0 Å². The summed E-state index contributed by atoms with van der Waals surface area (Å²) in [6.07, 6.45) is 5.43. The molecule has 1 aromatic heterocycles. The van der Waals surface area contributed by atoms with Crippen LogP contribution >= 0.6 is 0 Å². The predicted molar refractivity (Wildman–Crippen MR) is 59.1 cm³/mol. The Morgan fingerprint density at radius 2 is 1.93 bits per heavy atom. The largest absolute Gasteiger partial charge is 0.310 e. The first kappa shape index (κ1) is 9.50. The maximum absolute atomic E-state index is 4.63. The monoisotopic (exact) mass is 190 g/mol. The molecule has 76 valence electrons. The zero-order valence-electron chi connectivity index (χ0n) is 9.41. The zero-order chi connectivity index (χ0) is 10.3. The number of fused-ring (bicyclic) bond motifs is 1. The van der Waals surface area contributed by atoms with Gasteiger partial charge in [-0.05, 0) is 17.4 Å². The van der Waals surface area contributed by atoms with Crippen molar-refractivity contribution in [3.63, 3.8) is 0 Å². The number of aromatic nitrogens is 2. The molecule has 0 bridgehead atoms. The van der Waals surface area contributed by atoms with Crippen LogP contribution in [0.25, 0.3) is 6.20 Å². The van der Waals surface area contributed by atoms with E-state index in [1.165, 1.54) is 17.1 Å². The second-order valence-corrected chi connectivity index (χ2v) is 4.68. The van der Waals surface area contributed by atoms with Gasteiger partial charge in [-0.25, -0.2) is 4.98 Å². The summed E-state index contributed by atoms with van der Waals surface area (Å²) in [5, 5.41) is 0. The Bertz CT molecular complexity index is 370. The van der Waals surface area contributed by atoms with Gasteiger partial charge < -0.3 is 4.57 Å². The molecule has 0 amide bonds. The Labute approximate surface area is 85.7 Å². The summed E-state index contributed by atoms with van der Waals surface area (Å²) >= 11 is 0. The van der Waals surface area contributed by atoms with Crippen molar-refractivity contribution in [2.45, 2.75) is 40.0 Å². The van der Waals surface area contributed by atoms with Crippen LogP contribution < -0.4 is 0 Å². The molecule has 2 heteroatoms. The van der Waals surface area contributed by atoms with Gasteiger partial charge in [0.2, 0.25) is 0 Å². The Kier molecular flexibility index (Phi) is 2.22. The van der Waals surface area contributed by atoms with Crippen LogP contribution in [0.3, 0.4) is 0 Å². The van der Waals surface area contributed by atoms with Gasteiger partial charge in [0.25, 0.3) is 0 Å². The lowest BCUT2D eigenvalue weighted by Gasteiger charge is -2.03. The van der Waals surface area contributed by atoms with Crippen LogP contribution in [0.2, 0.25) is 0 Å². The summed E-state index contributed by atoms with van der Waals surface area (Å²) < 4.78 is 2.19. The summed E-state index contributed by atoms with van der Waals surface area (Å²) in [6.45, 7) is 8.85. The summed E-state index contributed by atoms with van der Waals surface area (Å²) in [5.41, 5.74) is 2.70. The third-order valence-electron chi connectivity index (χ3n) is 2.83. The van der Waals surface area contributed by atoms with Crippen LogP contribution in [0.4, 0.5) is 0 Å². The van der Waals surface area contributed by atoms with E-state index in [1.54, 1.807) is 0 Å². The van der Waals surface area contributed by atoms with E-state index in [0.29, 0.717) is 11.8 Å². The fourth-order valence-electron chi connectivity index (χ4n) is 1.73. The molecular weight excluding hydrogens is 172 g/mol. The zero-order valence-corrected chi connectivity index (χ0v) is 9.41. The van der Waals surface area contributed by atoms with Crippen molar-refractivity contribution in [2.24, 2.45) is 5.92 Å². The lowest BCUT2D eigenvalue weighted by molar-refractivity contribution is 0.745. The molecule has 0 aliphatic carbocycles. The van der Waals surface area contributed by atoms with E-state index in [0.717, 1.165) is 6.42 Å². The fraction of sp³-hybridized carbons (Fsp3) is 0.583. The van der Waals surface area contributed by atoms with Gasteiger partial charge >= 0.3 is 0 Å². The number of allylic oxidation sites excluding steroid dienone is 1. The third-order valence-corrected chi connectivity index (χ3v) is 2.83. The molecule has 2 nitrogen and oxygen atoms in total. The smallest absolute Gasteiger partial charge is 0.117 e. The Morgan fingerprint density at radius 1 is 1.21 bits per heavy atom. The van der Waals surface area contributed by atoms with Crippen molar-refractivity contribution in [3.8, 4) is 0 Å². The molecule has 0 atom stereocenters. The second-order valence-electron chi connectivity index (χ2n) is 4.68. The topological polar surface area (TPSA) is 17.8 Å². The van der Waals surface area contributed by atoms with Crippen LogP contribution in [0.15, 0.2) is 11.8 Å². The molecular formula is C12H18N2. The van der Waals surface area contributed by atoms with E-state index in [-0.39, 0.29) is 0 Å². The van der Waals surface area contributed by atoms with Crippen LogP contribution in [0, 0.1) is 5.92 Å². The van der Waals surface area contributed by atoms with Crippen molar-refractivity contribution in [3.05, 3.63) is 23.3 Å². The summed E-state index contributed by atoms with van der Waals surface area (Å²) in [5.74, 6) is 2.38. The van der Waals surface area contributed by atoms with Crippen LogP contribution in [-0.2, 0) is 6.42 Å². The molecule has 0 fully saturated rings. The molecule has 14 heavy (non-hydrogen) atoms. The second kappa shape index (κ2) is 3.26. The van der Waals surface area contributed by atoms with Crippen molar-refractivity contribution >= 4 is 6.20 Å². The van der Waals surface area contributed by atoms with Crippen molar-refractivity contribution in [1.29, 1.82) is 0 Å². The van der Waals surface area contributed by atoms with Gasteiger partial charge in [-0.15, -0.1) is 0 Å². The molecule has 0 radical (unpaired) electrons. The first-order chi connectivity index (χ1) is 6.58. The maximum atomic E-state index is 4.63. The average Bonchev–Trinajstić information content (AvgIpc) is 2.57. The highest BCUT2D eigenvalue weighted by Gasteiger charge is 2.18. The van der Waals surface area contributed by atoms with Crippen molar-refractivity contribution in [2.75, 3.05) is 0 Å². The molecule has 1 aliphatic rings. The number of hydrogen-bond acceptors (Lipinski definition) is 1. The highest BCUT2D eigenvalue weighted by Crippen LogP contribution is 2.25. The molecule has 0 N–H and O–H groups in total. The van der Waals surface area contributed by atoms with Gasteiger partial charge in [0.15, 0.2) is 0 Å². The van der Waals surface area contributed by atoms with Crippen LogP contribution in [-0.4, -0.2) is 9.55 Å². The van der Waals surface area contributed by atoms with E-state index in [2.05, 4.69) is 49.6 Å². The number of hydrogen-bond donors (Lipinski definition) is 0. The predicted octanol–water partition coefficient (Wildman–Crippen LogP) is 3.06. The van der Waals surface area contributed by atoms with E-state index in [1.807, 2.05) is 0 Å². The van der Waals surface area contributed by atoms with Crippen LogP contribution in [0.1, 0.15) is 45.1 Å². The highest BCUT2D eigenvalue weighted by molar-refractivity contribution is 5.42. The SMILES string of the molecule is CC(C)C1=Cn2cc(C(C)C)nc2C1. The van der Waals surface area contributed by atoms with Gasteiger partial charge in [-0.3, -0.25) is 0 Å². The Balaban J connectivity index is 2.28. The summed E-state index contributed by atoms with van der Waals surface area (Å²) in [4.78, 5) is 4.63. The fourth-order valence-corrected chi connectivity index (χ4v) is 1.73. The third kappa shape index (κ3) is 1.49. The number of rotatable bonds is 2. The minimum atomic E-state index is 0.531. The number of nitrogens with zero attached hydrogens (tertiary/aromatic N) is 2. The first-order valence-electron chi connectivity index (χ1n) is 5.36. The molecule has 0 spiro atoms. The first-order valence-corrected chi connectivity index (χ1v) is 5.36.